The van der Waals surface area contributed by atoms with Crippen LogP contribution in [0, 0.1) is 52.3 Å². The van der Waals surface area contributed by atoms with Crippen LogP contribution >= 0.6 is 0 Å². The Kier molecular flexibility index (Phi) is 8.74. The van der Waals surface area contributed by atoms with E-state index in [0.717, 1.165) is 38.5 Å². The molecule has 1 unspecified atom stereocenters. The summed E-state index contributed by atoms with van der Waals surface area (Å²) in [4.78, 5) is 0. The largest absolute Gasteiger partial charge is 0.397 e. The van der Waals surface area contributed by atoms with E-state index in [4.69, 9.17) is 8.37 Å². The van der Waals surface area contributed by atoms with Crippen LogP contribution in [0.15, 0.2) is 0 Å². The predicted molar refractivity (Wildman–Crippen MR) is 143 cm³/mol. The number of hydrogen-bond acceptors (Lipinski definition) is 7. The summed E-state index contributed by atoms with van der Waals surface area (Å²) in [5.74, 6) is 1.69. The minimum atomic E-state index is -4.72. The molecule has 9 nitrogen and oxygen atoms in total. The molecule has 0 aromatic carbocycles. The topological polar surface area (TPSA) is 147 Å². The van der Waals surface area contributed by atoms with Gasteiger partial charge in [0.1, 0.15) is 0 Å². The zero-order chi connectivity index (χ0) is 28.3. The number of fused-ring (bicyclic) bond motifs is 5. The summed E-state index contributed by atoms with van der Waals surface area (Å²) in [5, 5.41) is 11.0. The van der Waals surface area contributed by atoms with Crippen molar-refractivity contribution >= 4 is 20.8 Å². The highest BCUT2D eigenvalue weighted by molar-refractivity contribution is 7.81. The average molecular weight is 581 g/mol. The van der Waals surface area contributed by atoms with Crippen molar-refractivity contribution in [1.82, 2.24) is 0 Å². The van der Waals surface area contributed by atoms with Crippen LogP contribution in [0.1, 0.15) is 98.8 Å². The second-order valence-electron chi connectivity index (χ2n) is 13.8. The maximum atomic E-state index is 11.9. The number of rotatable bonds is 9. The third-order valence-corrected chi connectivity index (χ3v) is 12.5. The first-order chi connectivity index (χ1) is 17.4. The highest BCUT2D eigenvalue weighted by Crippen LogP contribution is 2.69. The lowest BCUT2D eigenvalue weighted by Gasteiger charge is -2.62. The highest BCUT2D eigenvalue weighted by atomic mass is 32.3. The van der Waals surface area contributed by atoms with Gasteiger partial charge in [0.05, 0.1) is 18.3 Å². The van der Waals surface area contributed by atoms with E-state index in [2.05, 4.69) is 34.6 Å². The SMILES string of the molecule is CC(C)CC[C@@H](O)[C@@H](C)[C@H]1CC[C@H]2[C@@H]3C[C@H](OS(=O)(=O)O)C4C[C@@H](OS(=O)(=O)O)CC[C@]4(C)[C@H]3CC[C@]12C. The number of hydrogen-bond donors (Lipinski definition) is 3. The van der Waals surface area contributed by atoms with Gasteiger partial charge in [0.25, 0.3) is 0 Å². The van der Waals surface area contributed by atoms with Crippen LogP contribution in [0.2, 0.25) is 0 Å². The predicted octanol–water partition coefficient (Wildman–Crippen LogP) is 5.06. The minimum absolute atomic E-state index is 0.0382. The molecule has 0 bridgehead atoms. The van der Waals surface area contributed by atoms with E-state index in [1.54, 1.807) is 0 Å². The number of aliphatic hydroxyl groups excluding tert-OH is 1. The van der Waals surface area contributed by atoms with Crippen molar-refractivity contribution in [3.63, 3.8) is 0 Å². The van der Waals surface area contributed by atoms with Gasteiger partial charge in [0.15, 0.2) is 0 Å². The molecule has 3 N–H and O–H groups in total. The fraction of sp³-hybridized carbons (Fsp3) is 1.00. The van der Waals surface area contributed by atoms with E-state index in [-0.39, 0.29) is 41.1 Å². The van der Waals surface area contributed by atoms with E-state index < -0.39 is 33.0 Å². The molecule has 0 saturated heterocycles. The summed E-state index contributed by atoms with van der Waals surface area (Å²) in [7, 11) is -9.36. The van der Waals surface area contributed by atoms with E-state index in [1.807, 2.05) is 0 Å². The van der Waals surface area contributed by atoms with Crippen molar-refractivity contribution in [2.24, 2.45) is 52.3 Å². The van der Waals surface area contributed by atoms with E-state index >= 15 is 0 Å². The molecule has 4 saturated carbocycles. The first-order valence-electron chi connectivity index (χ1n) is 14.4. The lowest BCUT2D eigenvalue weighted by atomic mass is 9.43. The fourth-order valence-electron chi connectivity index (χ4n) is 9.69. The van der Waals surface area contributed by atoms with Crippen LogP contribution < -0.4 is 0 Å². The Morgan fingerprint density at radius 2 is 1.39 bits per heavy atom. The van der Waals surface area contributed by atoms with Gasteiger partial charge in [0.2, 0.25) is 0 Å². The van der Waals surface area contributed by atoms with Gasteiger partial charge >= 0.3 is 20.8 Å². The summed E-state index contributed by atoms with van der Waals surface area (Å²) < 4.78 is 75.7. The first kappa shape index (κ1) is 30.7. The van der Waals surface area contributed by atoms with Gasteiger partial charge in [-0.25, -0.2) is 8.37 Å². The third-order valence-electron chi connectivity index (χ3n) is 11.5. The van der Waals surface area contributed by atoms with Gasteiger partial charge in [0, 0.05) is 0 Å². The van der Waals surface area contributed by atoms with E-state index in [1.165, 1.54) is 0 Å². The molecule has 0 aromatic rings. The van der Waals surface area contributed by atoms with Crippen molar-refractivity contribution in [1.29, 1.82) is 0 Å². The molecule has 0 heterocycles. The quantitative estimate of drug-likeness (QED) is 0.318. The molecule has 0 spiro atoms. The summed E-state index contributed by atoms with van der Waals surface area (Å²) in [6.07, 6.45) is 5.79. The maximum absolute atomic E-state index is 11.9. The maximum Gasteiger partial charge on any atom is 0.397 e. The molecule has 0 aromatic heterocycles. The lowest BCUT2D eigenvalue weighted by Crippen LogP contribution is -2.59. The first-order valence-corrected chi connectivity index (χ1v) is 17.2. The molecular weight excluding hydrogens is 532 g/mol. The molecule has 0 radical (unpaired) electrons. The zero-order valence-electron chi connectivity index (χ0n) is 23.5. The number of aliphatic hydroxyl groups is 1. The van der Waals surface area contributed by atoms with Crippen molar-refractivity contribution < 1.29 is 39.4 Å². The Labute approximate surface area is 229 Å². The molecular formula is C27H48O9S2. The molecule has 4 aliphatic carbocycles. The molecule has 4 fully saturated rings. The van der Waals surface area contributed by atoms with Crippen LogP contribution in [0.4, 0.5) is 0 Å². The Hall–Kier alpha value is -0.300. The molecule has 0 aliphatic heterocycles. The van der Waals surface area contributed by atoms with Crippen molar-refractivity contribution in [3.05, 3.63) is 0 Å². The van der Waals surface area contributed by atoms with Gasteiger partial charge < -0.3 is 5.11 Å². The molecule has 222 valence electrons. The molecule has 0 amide bonds. The Bertz CT molecular complexity index is 1060. The van der Waals surface area contributed by atoms with Crippen molar-refractivity contribution in [3.8, 4) is 0 Å². The van der Waals surface area contributed by atoms with Crippen LogP contribution in [0.5, 0.6) is 0 Å². The second-order valence-corrected chi connectivity index (χ2v) is 15.9. The summed E-state index contributed by atoms with van der Waals surface area (Å²) >= 11 is 0. The fourth-order valence-corrected chi connectivity index (χ4v) is 10.7. The molecule has 11 atom stereocenters. The molecule has 38 heavy (non-hydrogen) atoms. The molecule has 11 heteroatoms. The molecule has 4 rings (SSSR count). The Balaban J connectivity index is 1.59. The van der Waals surface area contributed by atoms with Gasteiger partial charge in [-0.3, -0.25) is 9.11 Å². The Morgan fingerprint density at radius 1 is 0.789 bits per heavy atom. The van der Waals surface area contributed by atoms with E-state index in [9.17, 15) is 31.0 Å². The summed E-state index contributed by atoms with van der Waals surface area (Å²) in [6, 6.07) is 0. The van der Waals surface area contributed by atoms with Gasteiger partial charge in [-0.2, -0.15) is 16.8 Å². The Morgan fingerprint density at radius 3 is 2.00 bits per heavy atom. The summed E-state index contributed by atoms with van der Waals surface area (Å²) in [5.41, 5.74) is -0.268. The van der Waals surface area contributed by atoms with Gasteiger partial charge in [-0.1, -0.05) is 34.6 Å². The zero-order valence-corrected chi connectivity index (χ0v) is 25.1. The third kappa shape index (κ3) is 6.14. The second kappa shape index (κ2) is 10.8. The van der Waals surface area contributed by atoms with Crippen LogP contribution in [-0.2, 0) is 29.2 Å². The van der Waals surface area contributed by atoms with Crippen molar-refractivity contribution in [2.75, 3.05) is 0 Å². The van der Waals surface area contributed by atoms with Crippen LogP contribution in [0.3, 0.4) is 0 Å². The highest BCUT2D eigenvalue weighted by Gasteiger charge is 2.63. The average Bonchev–Trinajstić information content (AvgIpc) is 3.13. The van der Waals surface area contributed by atoms with E-state index in [0.29, 0.717) is 42.9 Å². The minimum Gasteiger partial charge on any atom is -0.393 e. The van der Waals surface area contributed by atoms with Crippen molar-refractivity contribution in [2.45, 2.75) is 117 Å². The van der Waals surface area contributed by atoms with Gasteiger partial charge in [-0.05, 0) is 116 Å². The molecule has 4 aliphatic rings. The standard InChI is InChI=1S/C27H48O9S2/c1-16(2)6-9-24(28)17(3)20-7-8-21-19-15-25(36-38(32,33)34)23-14-18(35-37(29,30)31)10-12-27(23,5)22(19)11-13-26(20,21)4/h16-25,28H,6-15H2,1-5H3,(H,29,30,31)(H,32,33,34)/t17-,18-,19-,20+,21-,22-,23?,24+,25-,26+,27+/m0/s1. The lowest BCUT2D eigenvalue weighted by molar-refractivity contribution is -0.166. The smallest absolute Gasteiger partial charge is 0.393 e. The monoisotopic (exact) mass is 580 g/mol. The normalized spacial score (nSPS) is 43.2. The van der Waals surface area contributed by atoms with Crippen LogP contribution in [0.25, 0.3) is 0 Å². The summed E-state index contributed by atoms with van der Waals surface area (Å²) in [6.45, 7) is 11.1. The van der Waals surface area contributed by atoms with Gasteiger partial charge in [-0.15, -0.1) is 0 Å². The van der Waals surface area contributed by atoms with Crippen LogP contribution in [-0.4, -0.2) is 49.4 Å².